The average Bonchev–Trinajstić information content (AvgIpc) is 2.94. The number of nitrogens with zero attached hydrogens (tertiary/aromatic N) is 1. The topological polar surface area (TPSA) is 139 Å². The molecule has 2 aromatic rings. The Kier molecular flexibility index (Phi) is 11.2. The molecule has 1 aliphatic rings. The molecule has 2 N–H and O–H groups in total. The van der Waals surface area contributed by atoms with Crippen molar-refractivity contribution in [1.82, 2.24) is 15.5 Å². The van der Waals surface area contributed by atoms with Gasteiger partial charge in [0.15, 0.2) is 9.84 Å². The standard InChI is InChI=1S/C28H35N3O7S/c1-39(36,37)26(22-11-6-3-7-12-22)23(19-25(33)31-15-17-38-18-16-31)27(34)29-14-8-13-24(32)28(35)30-20-21-9-4-2-5-10-21/h2-7,9-12,23,26H,8,13-20H2,1H3,(H,29,34)(H,30,35)/t23-,26-/m1/s1. The maximum Gasteiger partial charge on any atom is 0.287 e. The molecular formula is C28H35N3O7S. The van der Waals surface area contributed by atoms with Crippen LogP contribution in [0.5, 0.6) is 0 Å². The highest BCUT2D eigenvalue weighted by atomic mass is 32.2. The molecule has 1 saturated heterocycles. The summed E-state index contributed by atoms with van der Waals surface area (Å²) in [6.07, 6.45) is 0.852. The number of ether oxygens (including phenoxy) is 1. The van der Waals surface area contributed by atoms with Crippen molar-refractivity contribution in [2.75, 3.05) is 39.1 Å². The van der Waals surface area contributed by atoms with Crippen LogP contribution < -0.4 is 10.6 Å². The van der Waals surface area contributed by atoms with Crippen LogP contribution in [0.1, 0.15) is 35.6 Å². The summed E-state index contributed by atoms with van der Waals surface area (Å²) < 4.78 is 31.0. The van der Waals surface area contributed by atoms with Gasteiger partial charge in [0.05, 0.1) is 24.4 Å². The largest absolute Gasteiger partial charge is 0.378 e. The van der Waals surface area contributed by atoms with Crippen molar-refractivity contribution in [1.29, 1.82) is 0 Å². The molecule has 0 spiro atoms. The molecule has 39 heavy (non-hydrogen) atoms. The Hall–Kier alpha value is -3.57. The molecule has 2 atom stereocenters. The van der Waals surface area contributed by atoms with Crippen LogP contribution in [-0.2, 0) is 40.3 Å². The van der Waals surface area contributed by atoms with Crippen molar-refractivity contribution in [3.63, 3.8) is 0 Å². The quantitative estimate of drug-likeness (QED) is 0.281. The molecular weight excluding hydrogens is 522 g/mol. The van der Waals surface area contributed by atoms with Gasteiger partial charge < -0.3 is 20.3 Å². The zero-order chi connectivity index (χ0) is 28.3. The molecule has 0 aliphatic carbocycles. The van der Waals surface area contributed by atoms with Gasteiger partial charge in [-0.3, -0.25) is 19.2 Å². The normalized spacial score (nSPS) is 15.2. The van der Waals surface area contributed by atoms with Gasteiger partial charge in [-0.25, -0.2) is 8.42 Å². The van der Waals surface area contributed by atoms with E-state index in [9.17, 15) is 27.6 Å². The summed E-state index contributed by atoms with van der Waals surface area (Å²) in [6.45, 7) is 1.78. The fraction of sp³-hybridized carbons (Fsp3) is 0.429. The summed E-state index contributed by atoms with van der Waals surface area (Å²) >= 11 is 0. The smallest absolute Gasteiger partial charge is 0.287 e. The highest BCUT2D eigenvalue weighted by molar-refractivity contribution is 7.91. The first-order valence-electron chi connectivity index (χ1n) is 12.9. The third-order valence-corrected chi connectivity index (χ3v) is 8.00. The Morgan fingerprint density at radius 3 is 2.15 bits per heavy atom. The summed E-state index contributed by atoms with van der Waals surface area (Å²) in [5.74, 6) is -3.43. The molecule has 0 unspecified atom stereocenters. The number of hydrogen-bond acceptors (Lipinski definition) is 7. The van der Waals surface area contributed by atoms with E-state index in [4.69, 9.17) is 4.74 Å². The van der Waals surface area contributed by atoms with Crippen LogP contribution in [0, 0.1) is 5.92 Å². The maximum absolute atomic E-state index is 13.3. The number of ketones is 1. The predicted octanol–water partition coefficient (Wildman–Crippen LogP) is 1.42. The van der Waals surface area contributed by atoms with Crippen molar-refractivity contribution < 1.29 is 32.3 Å². The molecule has 2 aromatic carbocycles. The van der Waals surface area contributed by atoms with Crippen LogP contribution in [-0.4, -0.2) is 75.9 Å². The predicted molar refractivity (Wildman–Crippen MR) is 145 cm³/mol. The van der Waals surface area contributed by atoms with Crippen molar-refractivity contribution in [2.45, 2.75) is 31.1 Å². The number of carbonyl (C=O) groups is 4. The highest BCUT2D eigenvalue weighted by Crippen LogP contribution is 2.33. The molecule has 11 heteroatoms. The number of rotatable bonds is 13. The first-order chi connectivity index (χ1) is 18.7. The number of nitrogens with one attached hydrogen (secondary N) is 2. The molecule has 0 radical (unpaired) electrons. The Balaban J connectivity index is 1.62. The lowest BCUT2D eigenvalue weighted by Crippen LogP contribution is -2.45. The van der Waals surface area contributed by atoms with Crippen LogP contribution in [0.25, 0.3) is 0 Å². The van der Waals surface area contributed by atoms with Crippen LogP contribution in [0.4, 0.5) is 0 Å². The lowest BCUT2D eigenvalue weighted by atomic mass is 9.93. The van der Waals surface area contributed by atoms with E-state index in [2.05, 4.69) is 10.6 Å². The Morgan fingerprint density at radius 2 is 1.54 bits per heavy atom. The first-order valence-corrected chi connectivity index (χ1v) is 14.8. The fourth-order valence-electron chi connectivity index (χ4n) is 4.47. The molecule has 0 bridgehead atoms. The van der Waals surface area contributed by atoms with Crippen LogP contribution >= 0.6 is 0 Å². The number of hydrogen-bond donors (Lipinski definition) is 2. The minimum absolute atomic E-state index is 0.0457. The molecule has 3 rings (SSSR count). The Labute approximate surface area is 229 Å². The summed E-state index contributed by atoms with van der Waals surface area (Å²) in [4.78, 5) is 52.3. The minimum Gasteiger partial charge on any atom is -0.378 e. The molecule has 1 heterocycles. The van der Waals surface area contributed by atoms with Crippen LogP contribution in [0.2, 0.25) is 0 Å². The Morgan fingerprint density at radius 1 is 0.923 bits per heavy atom. The average molecular weight is 558 g/mol. The highest BCUT2D eigenvalue weighted by Gasteiger charge is 2.39. The summed E-state index contributed by atoms with van der Waals surface area (Å²) in [5.41, 5.74) is 1.28. The molecule has 0 aromatic heterocycles. The van der Waals surface area contributed by atoms with Gasteiger partial charge in [0.2, 0.25) is 17.6 Å². The summed E-state index contributed by atoms with van der Waals surface area (Å²) in [7, 11) is -3.79. The van der Waals surface area contributed by atoms with E-state index >= 15 is 0 Å². The number of carbonyl (C=O) groups excluding carboxylic acids is 4. The lowest BCUT2D eigenvalue weighted by molar-refractivity contribution is -0.139. The minimum atomic E-state index is -3.79. The number of amides is 3. The Bertz CT molecular complexity index is 1230. The third-order valence-electron chi connectivity index (χ3n) is 6.48. The molecule has 10 nitrogen and oxygen atoms in total. The van der Waals surface area contributed by atoms with Gasteiger partial charge in [-0.1, -0.05) is 60.7 Å². The van der Waals surface area contributed by atoms with E-state index in [1.807, 2.05) is 30.3 Å². The van der Waals surface area contributed by atoms with Crippen LogP contribution in [0.15, 0.2) is 60.7 Å². The number of morpholine rings is 1. The molecule has 3 amide bonds. The van der Waals surface area contributed by atoms with Crippen LogP contribution in [0.3, 0.4) is 0 Å². The molecule has 1 fully saturated rings. The second-order valence-corrected chi connectivity index (χ2v) is 11.6. The van der Waals surface area contributed by atoms with Crippen molar-refractivity contribution >= 4 is 33.3 Å². The SMILES string of the molecule is CS(=O)(=O)[C@H](c1ccccc1)[C@@H](CC(=O)N1CCOCC1)C(=O)NCCCC(=O)C(=O)NCc1ccccc1. The zero-order valence-corrected chi connectivity index (χ0v) is 22.8. The molecule has 0 saturated carbocycles. The second kappa shape index (κ2) is 14.5. The van der Waals surface area contributed by atoms with Gasteiger partial charge in [0.1, 0.15) is 0 Å². The van der Waals surface area contributed by atoms with Gasteiger partial charge >= 0.3 is 0 Å². The van der Waals surface area contributed by atoms with E-state index in [0.29, 0.717) is 31.9 Å². The van der Waals surface area contributed by atoms with Crippen molar-refractivity contribution in [3.05, 3.63) is 71.8 Å². The van der Waals surface area contributed by atoms with E-state index < -0.39 is 38.6 Å². The second-order valence-electron chi connectivity index (χ2n) is 9.45. The van der Waals surface area contributed by atoms with Gasteiger partial charge in [-0.2, -0.15) is 0 Å². The zero-order valence-electron chi connectivity index (χ0n) is 22.0. The molecule has 1 aliphatic heterocycles. The lowest BCUT2D eigenvalue weighted by Gasteiger charge is -2.30. The number of sulfone groups is 1. The summed E-state index contributed by atoms with van der Waals surface area (Å²) in [6, 6.07) is 17.5. The van der Waals surface area contributed by atoms with E-state index in [0.717, 1.165) is 11.8 Å². The fourth-order valence-corrected chi connectivity index (χ4v) is 5.94. The van der Waals surface area contributed by atoms with Gasteiger partial charge in [0.25, 0.3) is 5.91 Å². The first kappa shape index (κ1) is 30.0. The maximum atomic E-state index is 13.3. The van der Waals surface area contributed by atoms with E-state index in [1.54, 1.807) is 35.2 Å². The summed E-state index contributed by atoms with van der Waals surface area (Å²) in [5, 5.41) is 4.03. The van der Waals surface area contributed by atoms with Crippen molar-refractivity contribution in [3.8, 4) is 0 Å². The molecule has 210 valence electrons. The van der Waals surface area contributed by atoms with Gasteiger partial charge in [-0.15, -0.1) is 0 Å². The monoisotopic (exact) mass is 557 g/mol. The van der Waals surface area contributed by atoms with Crippen molar-refractivity contribution in [2.24, 2.45) is 5.92 Å². The van der Waals surface area contributed by atoms with Gasteiger partial charge in [-0.05, 0) is 17.5 Å². The van der Waals surface area contributed by atoms with E-state index in [-0.39, 0.29) is 38.3 Å². The van der Waals surface area contributed by atoms with Gasteiger partial charge in [0, 0.05) is 45.3 Å². The van der Waals surface area contributed by atoms with E-state index in [1.165, 1.54) is 0 Å². The number of benzene rings is 2. The number of Topliss-reactive ketones (excluding diaryl/α,β-unsaturated/α-hetero) is 1. The third kappa shape index (κ3) is 9.29.